The molecule has 0 amide bonds. The molecule has 240 valence electrons. The molecule has 2 aliphatic heterocycles. The number of nitrogens with two attached hydrogens (primary N) is 1. The van der Waals surface area contributed by atoms with Crippen molar-refractivity contribution in [3.05, 3.63) is 141 Å². The number of ether oxygens (including phenoxy) is 3. The van der Waals surface area contributed by atoms with Gasteiger partial charge in [-0.3, -0.25) is 0 Å². The van der Waals surface area contributed by atoms with Gasteiger partial charge in [0, 0.05) is 34.2 Å². The lowest BCUT2D eigenvalue weighted by atomic mass is 10.1. The summed E-state index contributed by atoms with van der Waals surface area (Å²) in [6.45, 7) is 0.892. The lowest BCUT2D eigenvalue weighted by molar-refractivity contribution is -0.106. The van der Waals surface area contributed by atoms with Gasteiger partial charge in [-0.1, -0.05) is 65.1 Å². The minimum absolute atomic E-state index is 0.0551. The number of alkyl halides is 1. The van der Waals surface area contributed by atoms with Gasteiger partial charge in [0.15, 0.2) is 0 Å². The first-order valence-corrected chi connectivity index (χ1v) is 15.8. The van der Waals surface area contributed by atoms with Gasteiger partial charge in [-0.15, -0.1) is 0 Å². The van der Waals surface area contributed by atoms with Crippen molar-refractivity contribution in [2.45, 2.75) is 37.3 Å². The van der Waals surface area contributed by atoms with E-state index in [1.54, 1.807) is 46.5 Å². The second-order valence-corrected chi connectivity index (χ2v) is 12.4. The lowest BCUT2D eigenvalue weighted by Gasteiger charge is -2.37. The number of phenols is 1. The quantitative estimate of drug-likeness (QED) is 0.0755. The highest BCUT2D eigenvalue weighted by Crippen LogP contribution is 2.38. The van der Waals surface area contributed by atoms with Crippen LogP contribution in [0.15, 0.2) is 97.3 Å². The highest BCUT2D eigenvalue weighted by molar-refractivity contribution is 6.30. The van der Waals surface area contributed by atoms with E-state index in [9.17, 15) is 15.2 Å². The molecule has 2 heterocycles. The molecule has 4 aromatic rings. The Bertz CT molecular complexity index is 1830. The van der Waals surface area contributed by atoms with Crippen LogP contribution in [-0.2, 0) is 27.4 Å². The summed E-state index contributed by atoms with van der Waals surface area (Å²) in [5.74, 6) is -1.09. The van der Waals surface area contributed by atoms with Gasteiger partial charge in [-0.05, 0) is 70.8 Å². The maximum absolute atomic E-state index is 13.5. The van der Waals surface area contributed by atoms with Crippen LogP contribution < -0.4 is 5.73 Å². The summed E-state index contributed by atoms with van der Waals surface area (Å²) in [6, 6.07) is 26.1. The number of phenolic OH excluding ortho intramolecular Hbond substituents is 1. The molecule has 0 saturated heterocycles. The predicted molar refractivity (Wildman–Crippen MR) is 178 cm³/mol. The summed E-state index contributed by atoms with van der Waals surface area (Å²) in [6.07, 6.45) is 1.38. The average Bonchev–Trinajstić information content (AvgIpc) is 3.65. The number of nitrogens with zero attached hydrogens (tertiary/aromatic N) is 3. The number of carbonyl (C=O) groups is 1. The molecule has 0 aromatic heterocycles. The first kappa shape index (κ1) is 32.5. The van der Waals surface area contributed by atoms with E-state index < -0.39 is 23.9 Å². The van der Waals surface area contributed by atoms with Crippen LogP contribution in [0.1, 0.15) is 50.4 Å². The fraction of sp³-hybridized carbons (Fsp3) is 0.200. The van der Waals surface area contributed by atoms with Crippen LogP contribution in [0.4, 0.5) is 5.69 Å². The fourth-order valence-corrected chi connectivity index (χ4v) is 6.19. The number of benzene rings is 4. The number of fused-ring (bicyclic) bond motifs is 1. The van der Waals surface area contributed by atoms with Crippen LogP contribution in [0.3, 0.4) is 0 Å². The van der Waals surface area contributed by atoms with Crippen molar-refractivity contribution in [3.63, 3.8) is 0 Å². The molecule has 2 aliphatic rings. The Labute approximate surface area is 286 Å². The number of rotatable bonds is 10. The van der Waals surface area contributed by atoms with Crippen molar-refractivity contribution in [2.24, 2.45) is 0 Å². The molecule has 6 rings (SSSR count). The monoisotopic (exact) mass is 690 g/mol. The van der Waals surface area contributed by atoms with Gasteiger partial charge in [-0.2, -0.15) is 5.26 Å². The summed E-state index contributed by atoms with van der Waals surface area (Å²) in [5, 5.41) is 20.8. The molecular formula is C35H29Cl3N4O5. The molecule has 0 radical (unpaired) electrons. The van der Waals surface area contributed by atoms with Crippen LogP contribution in [-0.4, -0.2) is 39.3 Å². The third-order valence-electron chi connectivity index (χ3n) is 7.94. The molecule has 12 heteroatoms. The van der Waals surface area contributed by atoms with Crippen LogP contribution in [0, 0.1) is 11.3 Å². The average molecular weight is 692 g/mol. The molecule has 0 saturated carbocycles. The highest BCUT2D eigenvalue weighted by Gasteiger charge is 2.40. The van der Waals surface area contributed by atoms with Crippen LogP contribution in [0.2, 0.25) is 10.0 Å². The van der Waals surface area contributed by atoms with Crippen molar-refractivity contribution in [2.75, 3.05) is 12.3 Å². The van der Waals surface area contributed by atoms with Crippen molar-refractivity contribution in [1.29, 1.82) is 5.26 Å². The molecule has 47 heavy (non-hydrogen) atoms. The van der Waals surface area contributed by atoms with E-state index in [0.717, 1.165) is 22.3 Å². The van der Waals surface area contributed by atoms with E-state index in [2.05, 4.69) is 6.07 Å². The second kappa shape index (κ2) is 14.1. The van der Waals surface area contributed by atoms with Gasteiger partial charge in [-0.25, -0.2) is 4.79 Å². The third-order valence-corrected chi connectivity index (χ3v) is 8.88. The number of hydrogen-bond acceptors (Lipinski definition) is 9. The van der Waals surface area contributed by atoms with Crippen LogP contribution >= 0.6 is 34.8 Å². The fourth-order valence-electron chi connectivity index (χ4n) is 5.49. The number of anilines is 1. The molecule has 9 nitrogen and oxygen atoms in total. The lowest BCUT2D eigenvalue weighted by Crippen LogP contribution is -2.48. The van der Waals surface area contributed by atoms with Crippen molar-refractivity contribution >= 4 is 46.5 Å². The van der Waals surface area contributed by atoms with Gasteiger partial charge in [0.25, 0.3) is 6.35 Å². The van der Waals surface area contributed by atoms with Gasteiger partial charge in [0.1, 0.15) is 29.0 Å². The minimum Gasteiger partial charge on any atom is -0.507 e. The highest BCUT2D eigenvalue weighted by atomic mass is 35.5. The molecular weight excluding hydrogens is 663 g/mol. The number of nitriles is 1. The van der Waals surface area contributed by atoms with Crippen LogP contribution in [0.5, 0.6) is 5.75 Å². The maximum atomic E-state index is 13.5. The Morgan fingerprint density at radius 2 is 1.77 bits per heavy atom. The van der Waals surface area contributed by atoms with E-state index in [0.29, 0.717) is 34.4 Å². The number of halogens is 3. The molecule has 4 aromatic carbocycles. The zero-order valence-corrected chi connectivity index (χ0v) is 27.1. The number of hydrogen-bond donors (Lipinski definition) is 2. The van der Waals surface area contributed by atoms with Crippen molar-refractivity contribution < 1.29 is 24.1 Å². The first-order valence-electron chi connectivity index (χ1n) is 14.6. The van der Waals surface area contributed by atoms with Gasteiger partial charge in [0.2, 0.25) is 0 Å². The Morgan fingerprint density at radius 1 is 1.02 bits per heavy atom. The molecule has 4 atom stereocenters. The summed E-state index contributed by atoms with van der Waals surface area (Å²) in [5.41, 5.74) is 9.20. The van der Waals surface area contributed by atoms with Gasteiger partial charge < -0.3 is 34.9 Å². The largest absolute Gasteiger partial charge is 0.507 e. The van der Waals surface area contributed by atoms with E-state index in [-0.39, 0.29) is 24.0 Å². The van der Waals surface area contributed by atoms with Crippen molar-refractivity contribution in [1.82, 2.24) is 9.80 Å². The zero-order chi connectivity index (χ0) is 33.1. The summed E-state index contributed by atoms with van der Waals surface area (Å²) in [7, 11) is 0. The van der Waals surface area contributed by atoms with E-state index >= 15 is 0 Å². The minimum atomic E-state index is -1.05. The standard InChI is InChI=1S/C35H29Cl3N4O5/c36-25-7-5-23(6-8-25)32(46-19-22-3-1-21(17-39)2-4-22)33(38)42-14-13-41(18-31-28-11-9-26(37)15-24(28)20-45-31)35(42)47-34(44)29-12-10-27(40)16-30(29)43/h1-16,31-33,35,43H,18-20,40H2. The molecule has 0 aliphatic carbocycles. The Morgan fingerprint density at radius 3 is 2.49 bits per heavy atom. The Hall–Kier alpha value is -4.43. The van der Waals surface area contributed by atoms with Crippen molar-refractivity contribution in [3.8, 4) is 11.8 Å². The zero-order valence-electron chi connectivity index (χ0n) is 24.8. The Kier molecular flexibility index (Phi) is 9.78. The molecule has 4 unspecified atom stereocenters. The smallest absolute Gasteiger partial charge is 0.345 e. The molecule has 0 fully saturated rings. The topological polar surface area (TPSA) is 121 Å². The molecule has 3 N–H and O–H groups in total. The Balaban J connectivity index is 1.29. The predicted octanol–water partition coefficient (Wildman–Crippen LogP) is 7.48. The summed E-state index contributed by atoms with van der Waals surface area (Å²) in [4.78, 5) is 17.0. The number of carbonyl (C=O) groups excluding carboxylic acids is 1. The summed E-state index contributed by atoms with van der Waals surface area (Å²) >= 11 is 19.6. The number of nitrogen functional groups attached to an aromatic ring is 1. The van der Waals surface area contributed by atoms with E-state index in [4.69, 9.17) is 54.7 Å². The molecule has 0 bridgehead atoms. The number of aromatic hydroxyl groups is 1. The van der Waals surface area contributed by atoms with Gasteiger partial charge in [0.05, 0.1) is 31.4 Å². The normalized spacial score (nSPS) is 18.1. The maximum Gasteiger partial charge on any atom is 0.345 e. The molecule has 0 spiro atoms. The second-order valence-electron chi connectivity index (χ2n) is 11.1. The summed E-state index contributed by atoms with van der Waals surface area (Å²) < 4.78 is 18.6. The van der Waals surface area contributed by atoms with E-state index in [1.807, 2.05) is 42.5 Å². The SMILES string of the molecule is N#Cc1ccc(COC(c2ccc(Cl)cc2)C(Cl)N2C=CN(CC3OCc4cc(Cl)ccc43)C2OC(=O)c2ccc(N)cc2O)cc1. The van der Waals surface area contributed by atoms with Gasteiger partial charge >= 0.3 is 5.97 Å². The number of esters is 1. The third kappa shape index (κ3) is 7.28. The van der Waals surface area contributed by atoms with E-state index in [1.165, 1.54) is 18.2 Å². The van der Waals surface area contributed by atoms with Crippen LogP contribution in [0.25, 0.3) is 0 Å². The first-order chi connectivity index (χ1) is 22.7.